The summed E-state index contributed by atoms with van der Waals surface area (Å²) < 4.78 is 23.2. The van der Waals surface area contributed by atoms with Crippen molar-refractivity contribution < 1.29 is 18.0 Å². The van der Waals surface area contributed by atoms with Crippen molar-refractivity contribution >= 4 is 38.1 Å². The summed E-state index contributed by atoms with van der Waals surface area (Å²) in [7, 11) is -3.10. The molecule has 1 heterocycles. The Morgan fingerprint density at radius 2 is 1.67 bits per heavy atom. The van der Waals surface area contributed by atoms with Gasteiger partial charge in [0, 0.05) is 18.4 Å². The van der Waals surface area contributed by atoms with Crippen molar-refractivity contribution in [2.45, 2.75) is 51.4 Å². The molecule has 42 heavy (non-hydrogen) atoms. The van der Waals surface area contributed by atoms with E-state index in [1.54, 1.807) is 12.2 Å². The Balaban J connectivity index is 1.37. The molecule has 12 heteroatoms. The van der Waals surface area contributed by atoms with Gasteiger partial charge in [-0.2, -0.15) is 0 Å². The fourth-order valence-electron chi connectivity index (χ4n) is 4.23. The number of nitrogens with two attached hydrogens (primary N) is 2. The van der Waals surface area contributed by atoms with E-state index < -0.39 is 9.84 Å². The lowest BCUT2D eigenvalue weighted by Gasteiger charge is -2.12. The summed E-state index contributed by atoms with van der Waals surface area (Å²) in [5.74, 6) is -0.355. The average Bonchev–Trinajstić information content (AvgIpc) is 3.36. The first kappa shape index (κ1) is 32.5. The second-order valence-corrected chi connectivity index (χ2v) is 13.5. The number of aromatic nitrogens is 2. The quantitative estimate of drug-likeness (QED) is 0.149. The molecule has 0 aliphatic rings. The van der Waals surface area contributed by atoms with E-state index in [0.29, 0.717) is 17.2 Å². The van der Waals surface area contributed by atoms with Crippen LogP contribution in [0.25, 0.3) is 0 Å². The molecule has 0 radical (unpaired) electrons. The zero-order chi connectivity index (χ0) is 30.5. The van der Waals surface area contributed by atoms with Gasteiger partial charge in [0.05, 0.1) is 18.6 Å². The molecule has 0 saturated heterocycles. The van der Waals surface area contributed by atoms with E-state index in [2.05, 4.69) is 20.8 Å². The number of rotatable bonds is 15. The van der Waals surface area contributed by atoms with E-state index in [1.807, 2.05) is 61.5 Å². The van der Waals surface area contributed by atoms with Crippen molar-refractivity contribution in [2.75, 3.05) is 17.3 Å². The van der Waals surface area contributed by atoms with Crippen molar-refractivity contribution in [2.24, 2.45) is 11.5 Å². The number of benzene rings is 2. The maximum Gasteiger partial charge on any atom is 0.230 e. The summed E-state index contributed by atoms with van der Waals surface area (Å²) in [6.45, 7) is 1.85. The van der Waals surface area contributed by atoms with Gasteiger partial charge in [-0.25, -0.2) is 8.42 Å². The van der Waals surface area contributed by atoms with Crippen molar-refractivity contribution in [1.29, 1.82) is 0 Å². The second-order valence-electron chi connectivity index (χ2n) is 10.2. The summed E-state index contributed by atoms with van der Waals surface area (Å²) in [5, 5.41) is 15.0. The number of sulfone groups is 1. The van der Waals surface area contributed by atoms with E-state index in [0.717, 1.165) is 41.0 Å². The number of aryl methyl sites for hydroxylation is 1. The molecule has 1 unspecified atom stereocenters. The summed E-state index contributed by atoms with van der Waals surface area (Å²) in [6, 6.07) is 16.8. The Labute approximate surface area is 251 Å². The number of allylic oxidation sites excluding steroid dienone is 3. The number of nitrogens with one attached hydrogen (secondary N) is 2. The lowest BCUT2D eigenvalue weighted by atomic mass is 9.99. The molecule has 0 aliphatic carbocycles. The molecular formula is C30H38N6O4S2. The second kappa shape index (κ2) is 15.8. The van der Waals surface area contributed by atoms with Gasteiger partial charge in [0.25, 0.3) is 0 Å². The minimum absolute atomic E-state index is 0.0460. The van der Waals surface area contributed by atoms with Crippen LogP contribution in [-0.4, -0.2) is 42.4 Å². The van der Waals surface area contributed by atoms with Crippen molar-refractivity contribution in [3.63, 3.8) is 0 Å². The monoisotopic (exact) mass is 610 g/mol. The fraction of sp³-hybridized carbons (Fsp3) is 0.333. The molecule has 0 saturated carbocycles. The van der Waals surface area contributed by atoms with Gasteiger partial charge in [-0.1, -0.05) is 72.9 Å². The summed E-state index contributed by atoms with van der Waals surface area (Å²) in [6.07, 6.45) is 7.89. The Hall–Kier alpha value is -4.03. The fourth-order valence-corrected chi connectivity index (χ4v) is 6.13. The van der Waals surface area contributed by atoms with Crippen LogP contribution in [0.2, 0.25) is 0 Å². The molecule has 3 aromatic rings. The van der Waals surface area contributed by atoms with Gasteiger partial charge < -0.3 is 22.1 Å². The van der Waals surface area contributed by atoms with Gasteiger partial charge >= 0.3 is 0 Å². The highest BCUT2D eigenvalue weighted by Crippen LogP contribution is 2.20. The first-order valence-corrected chi connectivity index (χ1v) is 16.5. The predicted molar refractivity (Wildman–Crippen MR) is 167 cm³/mol. The van der Waals surface area contributed by atoms with Crippen molar-refractivity contribution in [1.82, 2.24) is 15.5 Å². The number of hydrogen-bond donors (Lipinski definition) is 4. The Morgan fingerprint density at radius 1 is 0.952 bits per heavy atom. The maximum absolute atomic E-state index is 12.5. The van der Waals surface area contributed by atoms with Gasteiger partial charge in [-0.3, -0.25) is 9.59 Å². The number of hydrogen-bond acceptors (Lipinski definition) is 9. The van der Waals surface area contributed by atoms with E-state index >= 15 is 0 Å². The standard InChI is InChI=1S/C30H38N6O4S2/c1-21(20-42(2,39)40)24-12-8-11-23(17-24)19-27(37)33-26(32)16-15-25(31)13-6-7-14-29-35-36-30(41-29)34-28(38)18-22-9-4-3-5-10-22/h3-5,8-12,15-17,21H,6-7,13-14,18-20,31-32H2,1-2H3,(H,33,37)(H,34,36,38)/b25-15-,26-16+. The van der Waals surface area contributed by atoms with Gasteiger partial charge in [-0.15, -0.1) is 10.2 Å². The zero-order valence-corrected chi connectivity index (χ0v) is 25.5. The van der Waals surface area contributed by atoms with Crippen molar-refractivity contribution in [3.05, 3.63) is 100.0 Å². The smallest absolute Gasteiger partial charge is 0.230 e. The molecule has 10 nitrogen and oxygen atoms in total. The molecule has 0 spiro atoms. The molecule has 3 rings (SSSR count). The van der Waals surface area contributed by atoms with Crippen LogP contribution in [0.3, 0.4) is 0 Å². The predicted octanol–water partition coefficient (Wildman–Crippen LogP) is 3.58. The lowest BCUT2D eigenvalue weighted by molar-refractivity contribution is -0.119. The van der Waals surface area contributed by atoms with Gasteiger partial charge in [0.1, 0.15) is 20.7 Å². The van der Waals surface area contributed by atoms with E-state index in [-0.39, 0.29) is 42.1 Å². The number of nitrogens with zero attached hydrogens (tertiary/aromatic N) is 2. The Bertz CT molecular complexity index is 1520. The minimum Gasteiger partial charge on any atom is -0.402 e. The third-order valence-electron chi connectivity index (χ3n) is 6.23. The van der Waals surface area contributed by atoms with Crippen LogP contribution < -0.4 is 22.1 Å². The number of carbonyl (C=O) groups excluding carboxylic acids is 2. The maximum atomic E-state index is 12.5. The molecule has 0 bridgehead atoms. The summed E-state index contributed by atoms with van der Waals surface area (Å²) in [5.41, 5.74) is 15.3. The van der Waals surface area contributed by atoms with Gasteiger partial charge in [-0.05, 0) is 54.0 Å². The minimum atomic E-state index is -3.10. The molecule has 1 aromatic heterocycles. The molecule has 6 N–H and O–H groups in total. The van der Waals surface area contributed by atoms with E-state index in [9.17, 15) is 18.0 Å². The molecule has 0 fully saturated rings. The number of unbranched alkanes of at least 4 members (excludes halogenated alkanes) is 1. The van der Waals surface area contributed by atoms with Crippen LogP contribution in [0.5, 0.6) is 0 Å². The molecule has 0 aliphatic heterocycles. The molecule has 224 valence electrons. The van der Waals surface area contributed by atoms with Gasteiger partial charge in [0.15, 0.2) is 0 Å². The summed E-state index contributed by atoms with van der Waals surface area (Å²) in [4.78, 5) is 24.7. The largest absolute Gasteiger partial charge is 0.402 e. The third-order valence-corrected chi connectivity index (χ3v) is 8.23. The van der Waals surface area contributed by atoms with Crippen molar-refractivity contribution in [3.8, 4) is 0 Å². The summed E-state index contributed by atoms with van der Waals surface area (Å²) >= 11 is 1.36. The van der Waals surface area contributed by atoms with Crippen LogP contribution in [0.4, 0.5) is 5.13 Å². The van der Waals surface area contributed by atoms with Crippen LogP contribution in [0.1, 0.15) is 53.8 Å². The highest BCUT2D eigenvalue weighted by molar-refractivity contribution is 7.90. The molecule has 2 amide bonds. The van der Waals surface area contributed by atoms with Gasteiger partial charge in [0.2, 0.25) is 16.9 Å². The first-order chi connectivity index (χ1) is 20.0. The third kappa shape index (κ3) is 12.2. The molecule has 2 aromatic carbocycles. The Kier molecular flexibility index (Phi) is 12.2. The number of carbonyl (C=O) groups is 2. The van der Waals surface area contributed by atoms with Crippen LogP contribution in [0, 0.1) is 0 Å². The highest BCUT2D eigenvalue weighted by Gasteiger charge is 2.14. The lowest BCUT2D eigenvalue weighted by Crippen LogP contribution is -2.28. The Morgan fingerprint density at radius 3 is 2.40 bits per heavy atom. The normalized spacial score (nSPS) is 13.0. The van der Waals surface area contributed by atoms with Crippen LogP contribution >= 0.6 is 11.3 Å². The van der Waals surface area contributed by atoms with Crippen LogP contribution in [-0.2, 0) is 38.7 Å². The highest BCUT2D eigenvalue weighted by atomic mass is 32.2. The number of amides is 2. The van der Waals surface area contributed by atoms with E-state index in [4.69, 9.17) is 11.5 Å². The topological polar surface area (TPSA) is 170 Å². The SMILES string of the molecule is CC(CS(C)(=O)=O)c1cccc(CC(=O)N/C(N)=C/C=C(\N)CCCCc2nnc(NC(=O)Cc3ccccc3)s2)c1. The molecule has 1 atom stereocenters. The van der Waals surface area contributed by atoms with E-state index in [1.165, 1.54) is 17.6 Å². The van der Waals surface area contributed by atoms with Crippen LogP contribution in [0.15, 0.2) is 78.3 Å². The first-order valence-electron chi connectivity index (χ1n) is 13.6. The molecular weight excluding hydrogens is 573 g/mol. The number of anilines is 1. The average molecular weight is 611 g/mol. The zero-order valence-electron chi connectivity index (χ0n) is 23.9.